The minimum atomic E-state index is -1.72. The van der Waals surface area contributed by atoms with Gasteiger partial charge in [-0.25, -0.2) is 0 Å². The third-order valence-electron chi connectivity index (χ3n) is 4.85. The number of fused-ring (bicyclic) bond motifs is 1. The summed E-state index contributed by atoms with van der Waals surface area (Å²) < 4.78 is 6.58. The van der Waals surface area contributed by atoms with E-state index in [1.165, 1.54) is 11.1 Å². The van der Waals surface area contributed by atoms with Crippen LogP contribution in [0.2, 0.25) is 18.1 Å². The number of rotatable bonds is 3. The van der Waals surface area contributed by atoms with Gasteiger partial charge in [0.1, 0.15) is 0 Å². The first-order valence-corrected chi connectivity index (χ1v) is 10.9. The molecule has 0 fully saturated rings. The van der Waals surface area contributed by atoms with E-state index < -0.39 is 8.32 Å². The van der Waals surface area contributed by atoms with Crippen LogP contribution in [0.15, 0.2) is 23.2 Å². The lowest BCUT2D eigenvalue weighted by atomic mass is 9.89. The van der Waals surface area contributed by atoms with Gasteiger partial charge in [0.05, 0.1) is 10.8 Å². The Balaban J connectivity index is 2.21. The largest absolute Gasteiger partial charge is 0.414 e. The smallest absolute Gasteiger partial charge is 0.192 e. The normalized spacial score (nSPS) is 18.8. The Kier molecular flexibility index (Phi) is 4.84. The number of aliphatic imine (C=N–C) groups is 1. The molecule has 0 amide bonds. The van der Waals surface area contributed by atoms with E-state index in [1.807, 2.05) is 6.07 Å². The Bertz CT molecular complexity index is 571. The minimum absolute atomic E-state index is 0.249. The molecule has 1 aromatic carbocycles. The average molecular weight is 320 g/mol. The first kappa shape index (κ1) is 16.6. The Hall–Kier alpha value is -0.803. The summed E-state index contributed by atoms with van der Waals surface area (Å²) in [5.41, 5.74) is 3.65. The third-order valence-corrected chi connectivity index (χ3v) is 9.48. The number of aryl methyl sites for hydroxylation is 1. The van der Waals surface area contributed by atoms with Crippen LogP contribution in [0.25, 0.3) is 0 Å². The highest BCUT2D eigenvalue weighted by molar-refractivity contribution is 7.78. The van der Waals surface area contributed by atoms with Crippen LogP contribution < -0.4 is 0 Å². The molecule has 0 spiro atoms. The van der Waals surface area contributed by atoms with E-state index in [4.69, 9.17) is 16.6 Å². The average Bonchev–Trinajstić information content (AvgIpc) is 2.38. The highest BCUT2D eigenvalue weighted by Gasteiger charge is 2.39. The zero-order valence-corrected chi connectivity index (χ0v) is 15.5. The number of hydrogen-bond donors (Lipinski definition) is 0. The number of hydrogen-bond acceptors (Lipinski definition) is 3. The molecule has 0 saturated carbocycles. The van der Waals surface area contributed by atoms with Gasteiger partial charge >= 0.3 is 0 Å². The molecule has 114 valence electrons. The van der Waals surface area contributed by atoms with Gasteiger partial charge in [-0.05, 0) is 66.8 Å². The fourth-order valence-corrected chi connectivity index (χ4v) is 4.07. The van der Waals surface area contributed by atoms with Crippen LogP contribution in [0.5, 0.6) is 0 Å². The van der Waals surface area contributed by atoms with Gasteiger partial charge in [0.2, 0.25) is 0 Å². The van der Waals surface area contributed by atoms with E-state index in [2.05, 4.69) is 56.2 Å². The SMILES string of the molecule is CC(C)(C)[Si](C)(C)O[C@H]1CCc2cccc(N=C=S)c2C1. The Morgan fingerprint density at radius 1 is 1.33 bits per heavy atom. The number of thiocarbonyl (C=S) groups is 1. The maximum absolute atomic E-state index is 6.58. The van der Waals surface area contributed by atoms with Crippen molar-refractivity contribution in [2.24, 2.45) is 4.99 Å². The predicted octanol–water partition coefficient (Wildman–Crippen LogP) is 5.30. The van der Waals surface area contributed by atoms with Crippen molar-refractivity contribution in [1.82, 2.24) is 0 Å². The standard InChI is InChI=1S/C17H25NOSSi/c1-17(2,3)21(4,5)19-14-10-9-13-7-6-8-16(18-12-20)15(13)11-14/h6-8,14H,9-11H2,1-5H3/t14-/m0/s1. The van der Waals surface area contributed by atoms with Crippen molar-refractivity contribution in [2.75, 3.05) is 0 Å². The number of isothiocyanates is 1. The van der Waals surface area contributed by atoms with Crippen molar-refractivity contribution in [3.63, 3.8) is 0 Å². The maximum Gasteiger partial charge on any atom is 0.192 e. The van der Waals surface area contributed by atoms with Crippen molar-refractivity contribution in [3.8, 4) is 0 Å². The van der Waals surface area contributed by atoms with Crippen LogP contribution in [0.1, 0.15) is 38.3 Å². The molecule has 0 aromatic heterocycles. The van der Waals surface area contributed by atoms with E-state index in [9.17, 15) is 0 Å². The summed E-state index contributed by atoms with van der Waals surface area (Å²) in [5, 5.41) is 2.75. The van der Waals surface area contributed by atoms with E-state index in [0.29, 0.717) is 6.10 Å². The highest BCUT2D eigenvalue weighted by atomic mass is 32.1. The van der Waals surface area contributed by atoms with Crippen LogP contribution in [-0.2, 0) is 17.3 Å². The molecule has 0 bridgehead atoms. The van der Waals surface area contributed by atoms with Gasteiger partial charge in [-0.15, -0.1) is 0 Å². The molecule has 1 aliphatic rings. The van der Waals surface area contributed by atoms with Crippen LogP contribution in [-0.4, -0.2) is 19.6 Å². The third kappa shape index (κ3) is 3.70. The fourth-order valence-electron chi connectivity index (χ4n) is 2.59. The lowest BCUT2D eigenvalue weighted by Gasteiger charge is -2.40. The molecule has 2 rings (SSSR count). The number of nitrogens with zero attached hydrogens (tertiary/aromatic N) is 1. The van der Waals surface area contributed by atoms with Crippen LogP contribution in [0.4, 0.5) is 5.69 Å². The van der Waals surface area contributed by atoms with Gasteiger partial charge in [-0.2, -0.15) is 4.99 Å². The minimum Gasteiger partial charge on any atom is -0.414 e. The second-order valence-electron chi connectivity index (χ2n) is 7.36. The second-order valence-corrected chi connectivity index (χ2v) is 12.3. The van der Waals surface area contributed by atoms with Crippen LogP contribution in [0.3, 0.4) is 0 Å². The lowest BCUT2D eigenvalue weighted by molar-refractivity contribution is 0.165. The van der Waals surface area contributed by atoms with Gasteiger partial charge in [0.25, 0.3) is 0 Å². The van der Waals surface area contributed by atoms with Crippen LogP contribution in [0, 0.1) is 0 Å². The topological polar surface area (TPSA) is 21.6 Å². The Morgan fingerprint density at radius 3 is 2.67 bits per heavy atom. The zero-order valence-electron chi connectivity index (χ0n) is 13.7. The first-order chi connectivity index (χ1) is 9.74. The quantitative estimate of drug-likeness (QED) is 0.428. The van der Waals surface area contributed by atoms with Crippen molar-refractivity contribution >= 4 is 31.4 Å². The summed E-state index contributed by atoms with van der Waals surface area (Å²) in [6.45, 7) is 11.5. The molecule has 21 heavy (non-hydrogen) atoms. The van der Waals surface area contributed by atoms with Crippen LogP contribution >= 0.6 is 12.2 Å². The lowest BCUT2D eigenvalue weighted by Crippen LogP contribution is -2.45. The molecule has 4 heteroatoms. The van der Waals surface area contributed by atoms with Crippen molar-refractivity contribution < 1.29 is 4.43 Å². The van der Waals surface area contributed by atoms with E-state index in [-0.39, 0.29) is 5.04 Å². The molecule has 1 aliphatic carbocycles. The van der Waals surface area contributed by atoms with Crippen molar-refractivity contribution in [2.45, 2.75) is 64.3 Å². The Morgan fingerprint density at radius 2 is 2.05 bits per heavy atom. The van der Waals surface area contributed by atoms with E-state index in [1.54, 1.807) is 0 Å². The van der Waals surface area contributed by atoms with E-state index >= 15 is 0 Å². The summed E-state index contributed by atoms with van der Waals surface area (Å²) in [6, 6.07) is 6.27. The van der Waals surface area contributed by atoms with Gasteiger partial charge in [-0.1, -0.05) is 32.9 Å². The molecular formula is C17H25NOSSi. The maximum atomic E-state index is 6.58. The highest BCUT2D eigenvalue weighted by Crippen LogP contribution is 2.39. The molecule has 0 saturated heterocycles. The zero-order chi connectivity index (χ0) is 15.7. The molecular weight excluding hydrogens is 294 g/mol. The number of benzene rings is 1. The molecule has 0 N–H and O–H groups in total. The van der Waals surface area contributed by atoms with Gasteiger partial charge < -0.3 is 4.43 Å². The van der Waals surface area contributed by atoms with E-state index in [0.717, 1.165) is 24.9 Å². The Labute approximate surface area is 134 Å². The summed E-state index contributed by atoms with van der Waals surface area (Å²) in [7, 11) is -1.72. The molecule has 0 aliphatic heterocycles. The monoisotopic (exact) mass is 319 g/mol. The fraction of sp³-hybridized carbons (Fsp3) is 0.588. The summed E-state index contributed by atoms with van der Waals surface area (Å²) in [5.74, 6) is 0. The second kappa shape index (κ2) is 6.13. The molecule has 1 aromatic rings. The molecule has 0 radical (unpaired) electrons. The van der Waals surface area contributed by atoms with Crippen molar-refractivity contribution in [3.05, 3.63) is 29.3 Å². The first-order valence-electron chi connectivity index (χ1n) is 7.61. The predicted molar refractivity (Wildman–Crippen MR) is 95.2 cm³/mol. The van der Waals surface area contributed by atoms with Crippen molar-refractivity contribution in [1.29, 1.82) is 0 Å². The summed E-state index contributed by atoms with van der Waals surface area (Å²) in [4.78, 5) is 4.22. The summed E-state index contributed by atoms with van der Waals surface area (Å²) in [6.07, 6.45) is 3.41. The van der Waals surface area contributed by atoms with Gasteiger partial charge in [-0.3, -0.25) is 0 Å². The molecule has 2 nitrogen and oxygen atoms in total. The molecule has 0 unspecified atom stereocenters. The van der Waals surface area contributed by atoms with Gasteiger partial charge in [0.15, 0.2) is 8.32 Å². The summed E-state index contributed by atoms with van der Waals surface area (Å²) >= 11 is 4.76. The molecule has 0 heterocycles. The van der Waals surface area contributed by atoms with Gasteiger partial charge in [0, 0.05) is 6.10 Å². The molecule has 1 atom stereocenters.